The summed E-state index contributed by atoms with van der Waals surface area (Å²) in [5, 5.41) is 11.8. The summed E-state index contributed by atoms with van der Waals surface area (Å²) in [5.74, 6) is 0.175. The number of aryl methyl sites for hydroxylation is 2. The van der Waals surface area contributed by atoms with Crippen LogP contribution in [0, 0.1) is 13.8 Å². The summed E-state index contributed by atoms with van der Waals surface area (Å²) in [5.41, 5.74) is 9.19. The highest BCUT2D eigenvalue weighted by molar-refractivity contribution is 7.21. The van der Waals surface area contributed by atoms with Crippen LogP contribution in [0.5, 0.6) is 5.75 Å². The summed E-state index contributed by atoms with van der Waals surface area (Å²) in [6.07, 6.45) is -1.37. The third kappa shape index (κ3) is 3.60. The first-order chi connectivity index (χ1) is 12.4. The lowest BCUT2D eigenvalue weighted by atomic mass is 10.1. The van der Waals surface area contributed by atoms with Crippen molar-refractivity contribution in [3.8, 4) is 5.75 Å². The lowest BCUT2D eigenvalue weighted by Crippen LogP contribution is -2.22. The molecule has 3 aromatic rings. The average Bonchev–Trinajstić information content (AvgIpc) is 2.94. The number of rotatable bonds is 5. The van der Waals surface area contributed by atoms with Crippen LogP contribution in [-0.4, -0.2) is 22.5 Å². The van der Waals surface area contributed by atoms with Crippen molar-refractivity contribution in [2.75, 3.05) is 5.73 Å². The zero-order valence-electron chi connectivity index (χ0n) is 14.7. The van der Waals surface area contributed by atoms with Crippen LogP contribution in [0.4, 0.5) is 10.1 Å². The van der Waals surface area contributed by atoms with Crippen molar-refractivity contribution in [3.63, 3.8) is 0 Å². The Morgan fingerprint density at radius 2 is 2.00 bits per heavy atom. The maximum atomic E-state index is 12.8. The first-order valence-electron chi connectivity index (χ1n) is 8.06. The van der Waals surface area contributed by atoms with E-state index >= 15 is 0 Å². The van der Waals surface area contributed by atoms with Crippen LogP contribution >= 0.6 is 11.3 Å². The molecule has 0 spiro atoms. The fourth-order valence-corrected chi connectivity index (χ4v) is 3.56. The molecule has 1 aromatic carbocycles. The van der Waals surface area contributed by atoms with Gasteiger partial charge in [0, 0.05) is 18.9 Å². The topological polar surface area (TPSA) is 90.1 Å². The Morgan fingerprint density at radius 3 is 2.65 bits per heavy atom. The zero-order chi connectivity index (χ0) is 18.8. The Morgan fingerprint density at radius 1 is 1.31 bits per heavy atom. The van der Waals surface area contributed by atoms with Gasteiger partial charge in [-0.15, -0.1) is 16.4 Å². The molecule has 1 atom stereocenters. The molecule has 0 bridgehead atoms. The van der Waals surface area contributed by atoms with Crippen LogP contribution in [0.2, 0.25) is 0 Å². The number of carbonyl (C=O) groups is 1. The van der Waals surface area contributed by atoms with Gasteiger partial charge in [-0.2, -0.15) is 5.10 Å². The molecule has 3 N–H and O–H groups in total. The number of halogens is 1. The smallest absolute Gasteiger partial charge is 0.263 e. The minimum Gasteiger partial charge on any atom is -0.461 e. The van der Waals surface area contributed by atoms with Crippen LogP contribution in [0.3, 0.4) is 0 Å². The highest BCUT2D eigenvalue weighted by atomic mass is 32.1. The van der Waals surface area contributed by atoms with Crippen molar-refractivity contribution in [2.24, 2.45) is 0 Å². The molecule has 0 saturated heterocycles. The number of carbonyl (C=O) groups excluding carboxylic acids is 1. The fraction of sp³-hybridized carbons (Fsp3) is 0.278. The molecule has 0 saturated carbocycles. The number of amides is 1. The van der Waals surface area contributed by atoms with Crippen LogP contribution in [0.1, 0.15) is 33.4 Å². The second-order valence-electron chi connectivity index (χ2n) is 5.92. The summed E-state index contributed by atoms with van der Waals surface area (Å²) in [7, 11) is 0. The van der Waals surface area contributed by atoms with Gasteiger partial charge in [0.25, 0.3) is 5.91 Å². The van der Waals surface area contributed by atoms with Crippen molar-refractivity contribution < 1.29 is 13.9 Å². The maximum Gasteiger partial charge on any atom is 0.263 e. The van der Waals surface area contributed by atoms with Gasteiger partial charge in [0.2, 0.25) is 6.36 Å². The van der Waals surface area contributed by atoms with Crippen molar-refractivity contribution in [1.29, 1.82) is 0 Å². The number of nitrogen functional groups attached to an aromatic ring is 1. The van der Waals surface area contributed by atoms with E-state index in [0.29, 0.717) is 27.7 Å². The Labute approximate surface area is 154 Å². The quantitative estimate of drug-likeness (QED) is 0.713. The molecule has 2 aromatic heterocycles. The van der Waals surface area contributed by atoms with Crippen molar-refractivity contribution in [1.82, 2.24) is 15.5 Å². The molecule has 26 heavy (non-hydrogen) atoms. The molecule has 136 valence electrons. The average molecular weight is 374 g/mol. The molecule has 1 amide bonds. The van der Waals surface area contributed by atoms with Crippen molar-refractivity contribution >= 4 is 33.1 Å². The molecule has 1 unspecified atom stereocenters. The first-order valence-corrected chi connectivity index (χ1v) is 8.88. The van der Waals surface area contributed by atoms with E-state index < -0.39 is 6.36 Å². The van der Waals surface area contributed by atoms with Gasteiger partial charge >= 0.3 is 0 Å². The van der Waals surface area contributed by atoms with Crippen molar-refractivity contribution in [2.45, 2.75) is 33.7 Å². The number of benzene rings is 1. The number of ether oxygens (including phenoxy) is 1. The summed E-state index contributed by atoms with van der Waals surface area (Å²) in [6.45, 7) is 5.41. The molecule has 0 aliphatic rings. The number of nitrogens with one attached hydrogen (secondary N) is 1. The minimum atomic E-state index is -1.37. The van der Waals surface area contributed by atoms with E-state index in [2.05, 4.69) is 15.5 Å². The van der Waals surface area contributed by atoms with E-state index in [4.69, 9.17) is 10.5 Å². The Hall–Kier alpha value is -2.74. The number of alkyl halides is 1. The number of thiophene rings is 1. The van der Waals surface area contributed by atoms with E-state index in [0.717, 1.165) is 22.2 Å². The van der Waals surface area contributed by atoms with E-state index in [1.54, 1.807) is 24.3 Å². The summed E-state index contributed by atoms with van der Waals surface area (Å²) < 4.78 is 17.8. The number of nitrogens with zero attached hydrogens (tertiary/aromatic N) is 2. The van der Waals surface area contributed by atoms with E-state index in [9.17, 15) is 9.18 Å². The van der Waals surface area contributed by atoms with E-state index in [1.807, 2.05) is 13.8 Å². The Bertz CT molecular complexity index is 954. The largest absolute Gasteiger partial charge is 0.461 e. The SMILES string of the molecule is Cc1nnc2sc(C(=O)NCc3ccc(OC(C)F)cc3)c(N)c2c1C. The van der Waals surface area contributed by atoms with Gasteiger partial charge in [0.1, 0.15) is 15.5 Å². The number of hydrogen-bond acceptors (Lipinski definition) is 6. The number of nitrogens with two attached hydrogens (primary N) is 1. The third-order valence-corrected chi connectivity index (χ3v) is 5.10. The van der Waals surface area contributed by atoms with Gasteiger partial charge in [-0.25, -0.2) is 4.39 Å². The minimum absolute atomic E-state index is 0.264. The van der Waals surface area contributed by atoms with Gasteiger partial charge in [-0.3, -0.25) is 4.79 Å². The molecule has 0 fully saturated rings. The third-order valence-electron chi connectivity index (χ3n) is 4.02. The molecular weight excluding hydrogens is 355 g/mol. The molecule has 0 aliphatic heterocycles. The van der Waals surface area contributed by atoms with Gasteiger partial charge in [0.15, 0.2) is 0 Å². The molecular formula is C18H19FN4O2S. The molecule has 0 aliphatic carbocycles. The monoisotopic (exact) mass is 374 g/mol. The zero-order valence-corrected chi connectivity index (χ0v) is 15.5. The predicted octanol–water partition coefficient (Wildman–Crippen LogP) is 3.51. The highest BCUT2D eigenvalue weighted by Gasteiger charge is 2.19. The number of hydrogen-bond donors (Lipinski definition) is 2. The van der Waals surface area contributed by atoms with Crippen LogP contribution in [-0.2, 0) is 6.54 Å². The molecule has 2 heterocycles. The molecule has 8 heteroatoms. The first kappa shape index (κ1) is 18.1. The Kier molecular flexibility index (Phi) is 5.03. The predicted molar refractivity (Wildman–Crippen MR) is 100 cm³/mol. The van der Waals surface area contributed by atoms with Crippen molar-refractivity contribution in [3.05, 3.63) is 46.0 Å². The van der Waals surface area contributed by atoms with Gasteiger partial charge in [0.05, 0.1) is 11.4 Å². The lowest BCUT2D eigenvalue weighted by Gasteiger charge is -2.08. The van der Waals surface area contributed by atoms with E-state index in [1.165, 1.54) is 18.3 Å². The van der Waals surface area contributed by atoms with E-state index in [-0.39, 0.29) is 5.91 Å². The maximum absolute atomic E-state index is 12.8. The van der Waals surface area contributed by atoms with Crippen LogP contribution in [0.25, 0.3) is 10.2 Å². The molecule has 6 nitrogen and oxygen atoms in total. The molecule has 0 radical (unpaired) electrons. The second-order valence-corrected chi connectivity index (χ2v) is 6.92. The normalized spacial score (nSPS) is 12.2. The number of aromatic nitrogens is 2. The Balaban J connectivity index is 1.73. The van der Waals surface area contributed by atoms with Gasteiger partial charge in [-0.1, -0.05) is 12.1 Å². The van der Waals surface area contributed by atoms with Crippen LogP contribution < -0.4 is 15.8 Å². The lowest BCUT2D eigenvalue weighted by molar-refractivity contribution is 0.0860. The highest BCUT2D eigenvalue weighted by Crippen LogP contribution is 2.34. The van der Waals surface area contributed by atoms with Gasteiger partial charge < -0.3 is 15.8 Å². The molecule has 3 rings (SSSR count). The van der Waals surface area contributed by atoms with Crippen LogP contribution in [0.15, 0.2) is 24.3 Å². The summed E-state index contributed by atoms with van der Waals surface area (Å²) >= 11 is 1.23. The summed E-state index contributed by atoms with van der Waals surface area (Å²) in [4.78, 5) is 13.6. The second kappa shape index (κ2) is 7.25. The fourth-order valence-electron chi connectivity index (χ4n) is 2.55. The number of fused-ring (bicyclic) bond motifs is 1. The number of anilines is 1. The van der Waals surface area contributed by atoms with Gasteiger partial charge in [-0.05, 0) is 37.1 Å². The standard InChI is InChI=1S/C18H19FN4O2S/c1-9-10(2)22-23-18-14(9)15(20)16(26-18)17(24)21-8-12-4-6-13(7-5-12)25-11(3)19/h4-7,11H,8,20H2,1-3H3,(H,21,24). The summed E-state index contributed by atoms with van der Waals surface area (Å²) in [6, 6.07) is 6.86.